The van der Waals surface area contributed by atoms with Gasteiger partial charge in [-0.3, -0.25) is 0 Å². The molecule has 4 heteroatoms. The molecule has 106 valence electrons. The third-order valence-electron chi connectivity index (χ3n) is 5.24. The lowest BCUT2D eigenvalue weighted by molar-refractivity contribution is 0.186. The molecule has 0 aromatic carbocycles. The van der Waals surface area contributed by atoms with Gasteiger partial charge in [-0.25, -0.2) is 0 Å². The van der Waals surface area contributed by atoms with Gasteiger partial charge in [0, 0.05) is 18.9 Å². The van der Waals surface area contributed by atoms with Crippen LogP contribution >= 0.6 is 0 Å². The number of nitrogens with zero attached hydrogens (tertiary/aromatic N) is 3. The standard InChI is InChI=1S/C15H26N4/c1-15(2)7-4-3-5-12(15)14-18-17-13-9-11(10-16)6-8-19(13)14/h11-12H,3-10,16H2,1-2H3. The Morgan fingerprint density at radius 2 is 2.11 bits per heavy atom. The second-order valence-electron chi connectivity index (χ2n) is 7.01. The van der Waals surface area contributed by atoms with Gasteiger partial charge >= 0.3 is 0 Å². The second-order valence-corrected chi connectivity index (χ2v) is 7.01. The molecule has 4 nitrogen and oxygen atoms in total. The highest BCUT2D eigenvalue weighted by Crippen LogP contribution is 2.46. The highest BCUT2D eigenvalue weighted by Gasteiger charge is 2.37. The summed E-state index contributed by atoms with van der Waals surface area (Å²) in [6.45, 7) is 6.62. The zero-order valence-corrected chi connectivity index (χ0v) is 12.2. The highest BCUT2D eigenvalue weighted by atomic mass is 15.3. The molecule has 0 spiro atoms. The number of nitrogens with two attached hydrogens (primary N) is 1. The minimum Gasteiger partial charge on any atom is -0.330 e. The van der Waals surface area contributed by atoms with Crippen LogP contribution in [0.5, 0.6) is 0 Å². The molecule has 1 aliphatic heterocycles. The van der Waals surface area contributed by atoms with E-state index in [-0.39, 0.29) is 0 Å². The van der Waals surface area contributed by atoms with Crippen molar-refractivity contribution in [1.82, 2.24) is 14.8 Å². The summed E-state index contributed by atoms with van der Waals surface area (Å²) in [4.78, 5) is 0. The van der Waals surface area contributed by atoms with Crippen LogP contribution in [0.4, 0.5) is 0 Å². The first-order valence-corrected chi connectivity index (χ1v) is 7.74. The van der Waals surface area contributed by atoms with Crippen molar-refractivity contribution in [3.63, 3.8) is 0 Å². The average Bonchev–Trinajstić information content (AvgIpc) is 2.81. The summed E-state index contributed by atoms with van der Waals surface area (Å²) < 4.78 is 2.39. The van der Waals surface area contributed by atoms with Gasteiger partial charge in [-0.2, -0.15) is 0 Å². The van der Waals surface area contributed by atoms with Crippen LogP contribution in [-0.2, 0) is 13.0 Å². The van der Waals surface area contributed by atoms with Crippen LogP contribution in [0.3, 0.4) is 0 Å². The molecular weight excluding hydrogens is 236 g/mol. The summed E-state index contributed by atoms with van der Waals surface area (Å²) in [5.74, 6) is 3.59. The predicted octanol–water partition coefficient (Wildman–Crippen LogP) is 2.48. The van der Waals surface area contributed by atoms with Crippen LogP contribution in [0.1, 0.15) is 63.5 Å². The van der Waals surface area contributed by atoms with Crippen molar-refractivity contribution < 1.29 is 0 Å². The lowest BCUT2D eigenvalue weighted by Crippen LogP contribution is -2.31. The molecule has 2 N–H and O–H groups in total. The zero-order chi connectivity index (χ0) is 13.5. The van der Waals surface area contributed by atoms with Crippen molar-refractivity contribution in [3.8, 4) is 0 Å². The molecular formula is C15H26N4. The average molecular weight is 262 g/mol. The zero-order valence-electron chi connectivity index (χ0n) is 12.2. The van der Waals surface area contributed by atoms with Crippen molar-refractivity contribution in [1.29, 1.82) is 0 Å². The van der Waals surface area contributed by atoms with Gasteiger partial charge in [0.15, 0.2) is 0 Å². The summed E-state index contributed by atoms with van der Waals surface area (Å²) in [6.07, 6.45) is 7.47. The number of hydrogen-bond acceptors (Lipinski definition) is 3. The Morgan fingerprint density at radius 1 is 1.26 bits per heavy atom. The van der Waals surface area contributed by atoms with Crippen LogP contribution in [0.25, 0.3) is 0 Å². The van der Waals surface area contributed by atoms with Gasteiger partial charge in [0.05, 0.1) is 0 Å². The van der Waals surface area contributed by atoms with Gasteiger partial charge in [-0.15, -0.1) is 10.2 Å². The maximum absolute atomic E-state index is 5.80. The SMILES string of the molecule is CC1(C)CCCCC1c1nnc2n1CCC(CN)C2. The quantitative estimate of drug-likeness (QED) is 0.891. The molecule has 2 aliphatic rings. The Labute approximate surface area is 115 Å². The number of rotatable bonds is 2. The molecule has 1 aliphatic carbocycles. The van der Waals surface area contributed by atoms with E-state index < -0.39 is 0 Å². The van der Waals surface area contributed by atoms with Crippen LogP contribution < -0.4 is 5.73 Å². The largest absolute Gasteiger partial charge is 0.330 e. The van der Waals surface area contributed by atoms with E-state index in [1.165, 1.54) is 37.9 Å². The second kappa shape index (κ2) is 4.89. The lowest BCUT2D eigenvalue weighted by Gasteiger charge is -2.38. The molecule has 3 rings (SSSR count). The molecule has 1 aromatic heterocycles. The number of aromatic nitrogens is 3. The van der Waals surface area contributed by atoms with Gasteiger partial charge in [-0.1, -0.05) is 26.7 Å². The lowest BCUT2D eigenvalue weighted by atomic mass is 9.68. The molecule has 1 aromatic rings. The summed E-state index contributed by atoms with van der Waals surface area (Å²) in [6, 6.07) is 0. The molecule has 0 bridgehead atoms. The Morgan fingerprint density at radius 3 is 2.84 bits per heavy atom. The number of hydrogen-bond donors (Lipinski definition) is 1. The summed E-state index contributed by atoms with van der Waals surface area (Å²) in [5.41, 5.74) is 6.16. The third kappa shape index (κ3) is 2.31. The molecule has 2 heterocycles. The maximum Gasteiger partial charge on any atom is 0.136 e. The number of fused-ring (bicyclic) bond motifs is 1. The van der Waals surface area contributed by atoms with Crippen LogP contribution in [-0.4, -0.2) is 21.3 Å². The Kier molecular flexibility index (Phi) is 3.37. The molecule has 0 saturated heterocycles. The van der Waals surface area contributed by atoms with E-state index in [2.05, 4.69) is 28.6 Å². The molecule has 1 saturated carbocycles. The first-order chi connectivity index (χ1) is 9.12. The van der Waals surface area contributed by atoms with Crippen molar-refractivity contribution >= 4 is 0 Å². The molecule has 1 fully saturated rings. The van der Waals surface area contributed by atoms with Crippen LogP contribution in [0.2, 0.25) is 0 Å². The first-order valence-electron chi connectivity index (χ1n) is 7.74. The predicted molar refractivity (Wildman–Crippen MR) is 75.9 cm³/mol. The Hall–Kier alpha value is -0.900. The Bertz CT molecular complexity index is 449. The molecule has 2 unspecified atom stereocenters. The summed E-state index contributed by atoms with van der Waals surface area (Å²) >= 11 is 0. The van der Waals surface area contributed by atoms with E-state index in [9.17, 15) is 0 Å². The molecule has 2 atom stereocenters. The van der Waals surface area contributed by atoms with Gasteiger partial charge in [0.25, 0.3) is 0 Å². The van der Waals surface area contributed by atoms with Crippen molar-refractivity contribution in [2.75, 3.05) is 6.54 Å². The van der Waals surface area contributed by atoms with Gasteiger partial charge < -0.3 is 10.3 Å². The monoisotopic (exact) mass is 262 g/mol. The minimum absolute atomic E-state index is 0.368. The summed E-state index contributed by atoms with van der Waals surface area (Å²) in [7, 11) is 0. The van der Waals surface area contributed by atoms with E-state index >= 15 is 0 Å². The van der Waals surface area contributed by atoms with Crippen LogP contribution in [0, 0.1) is 11.3 Å². The van der Waals surface area contributed by atoms with Gasteiger partial charge in [0.1, 0.15) is 11.6 Å². The first kappa shape index (κ1) is 13.1. The minimum atomic E-state index is 0.368. The normalized spacial score (nSPS) is 30.1. The molecule has 19 heavy (non-hydrogen) atoms. The fourth-order valence-electron chi connectivity index (χ4n) is 3.85. The van der Waals surface area contributed by atoms with E-state index in [1.807, 2.05) is 0 Å². The fraction of sp³-hybridized carbons (Fsp3) is 0.867. The van der Waals surface area contributed by atoms with E-state index in [0.717, 1.165) is 25.3 Å². The highest BCUT2D eigenvalue weighted by molar-refractivity contribution is 5.10. The fourth-order valence-corrected chi connectivity index (χ4v) is 3.85. The third-order valence-corrected chi connectivity index (χ3v) is 5.24. The van der Waals surface area contributed by atoms with E-state index in [1.54, 1.807) is 0 Å². The van der Waals surface area contributed by atoms with E-state index in [0.29, 0.717) is 17.3 Å². The Balaban J connectivity index is 1.88. The van der Waals surface area contributed by atoms with Crippen molar-refractivity contribution in [2.45, 2.75) is 64.8 Å². The van der Waals surface area contributed by atoms with Crippen LogP contribution in [0.15, 0.2) is 0 Å². The smallest absolute Gasteiger partial charge is 0.136 e. The van der Waals surface area contributed by atoms with Gasteiger partial charge in [-0.05, 0) is 37.1 Å². The van der Waals surface area contributed by atoms with Crippen molar-refractivity contribution in [3.05, 3.63) is 11.6 Å². The van der Waals surface area contributed by atoms with Gasteiger partial charge in [0.2, 0.25) is 0 Å². The molecule has 0 radical (unpaired) electrons. The van der Waals surface area contributed by atoms with E-state index in [4.69, 9.17) is 5.73 Å². The summed E-state index contributed by atoms with van der Waals surface area (Å²) in [5, 5.41) is 9.01. The maximum atomic E-state index is 5.80. The topological polar surface area (TPSA) is 56.7 Å². The molecule has 0 amide bonds. The van der Waals surface area contributed by atoms with Crippen molar-refractivity contribution in [2.24, 2.45) is 17.1 Å².